The lowest BCUT2D eigenvalue weighted by molar-refractivity contribution is -0.120. The second kappa shape index (κ2) is 6.87. The zero-order valence-corrected chi connectivity index (χ0v) is 11.9. The number of nitrogens with two attached hydrogens (primary N) is 1. The van der Waals surface area contributed by atoms with E-state index in [4.69, 9.17) is 11.0 Å². The molecule has 0 radical (unpaired) electrons. The molecular weight excluding hydrogens is 259 g/mol. The number of carbonyl (C=O) groups excluding carboxylic acids is 1. The van der Waals surface area contributed by atoms with Gasteiger partial charge in [0.05, 0.1) is 24.2 Å². The summed E-state index contributed by atoms with van der Waals surface area (Å²) in [5, 5.41) is 11.3. The van der Waals surface area contributed by atoms with Gasteiger partial charge in [0.2, 0.25) is 5.91 Å². The van der Waals surface area contributed by atoms with Gasteiger partial charge in [-0.1, -0.05) is 0 Å². The van der Waals surface area contributed by atoms with Gasteiger partial charge >= 0.3 is 0 Å². The van der Waals surface area contributed by atoms with Crippen molar-refractivity contribution in [1.29, 1.82) is 5.26 Å². The summed E-state index contributed by atoms with van der Waals surface area (Å²) in [4.78, 5) is 13.9. The number of nitrogens with zero attached hydrogens (tertiary/aromatic N) is 2. The van der Waals surface area contributed by atoms with Crippen LogP contribution in [0.2, 0.25) is 0 Å². The maximum Gasteiger partial charge on any atom is 0.241 e. The molecule has 5 nitrogen and oxygen atoms in total. The molecule has 0 spiro atoms. The lowest BCUT2D eigenvalue weighted by atomic mass is 10.1. The molecule has 20 heavy (non-hydrogen) atoms. The number of benzene rings is 1. The average molecular weight is 278 g/mol. The molecular formula is C14H19FN4O. The minimum Gasteiger partial charge on any atom is -0.396 e. The van der Waals surface area contributed by atoms with Gasteiger partial charge in [0.25, 0.3) is 0 Å². The van der Waals surface area contributed by atoms with Gasteiger partial charge in [-0.3, -0.25) is 9.69 Å². The number of carbonyl (C=O) groups is 1. The Hall–Kier alpha value is -2.13. The van der Waals surface area contributed by atoms with Gasteiger partial charge < -0.3 is 11.1 Å². The first-order valence-electron chi connectivity index (χ1n) is 6.31. The lowest BCUT2D eigenvalue weighted by Crippen LogP contribution is -2.44. The fourth-order valence-electron chi connectivity index (χ4n) is 1.71. The predicted molar refractivity (Wildman–Crippen MR) is 76.4 cm³/mol. The molecule has 2 unspecified atom stereocenters. The van der Waals surface area contributed by atoms with Crippen molar-refractivity contribution >= 4 is 17.3 Å². The number of nitrogens with one attached hydrogen (secondary N) is 1. The molecule has 0 saturated carbocycles. The third-order valence-corrected chi connectivity index (χ3v) is 3.34. The van der Waals surface area contributed by atoms with Crippen LogP contribution in [0, 0.1) is 17.1 Å². The highest BCUT2D eigenvalue weighted by molar-refractivity contribution is 5.94. The van der Waals surface area contributed by atoms with E-state index in [1.807, 2.05) is 11.8 Å². The Kier molecular flexibility index (Phi) is 5.47. The van der Waals surface area contributed by atoms with Crippen molar-refractivity contribution in [3.63, 3.8) is 0 Å². The van der Waals surface area contributed by atoms with Crippen LogP contribution in [0.25, 0.3) is 0 Å². The molecule has 3 N–H and O–H groups in total. The van der Waals surface area contributed by atoms with Gasteiger partial charge in [0.1, 0.15) is 5.82 Å². The van der Waals surface area contributed by atoms with E-state index in [1.165, 1.54) is 18.2 Å². The summed E-state index contributed by atoms with van der Waals surface area (Å²) >= 11 is 0. The van der Waals surface area contributed by atoms with Crippen molar-refractivity contribution in [2.45, 2.75) is 32.4 Å². The molecule has 0 bridgehead atoms. The number of likely N-dealkylation sites (N-methyl/N-ethyl adjacent to an activating group) is 1. The second-order valence-electron chi connectivity index (χ2n) is 4.78. The molecule has 108 valence electrons. The summed E-state index contributed by atoms with van der Waals surface area (Å²) in [6.45, 7) is 3.62. The first-order chi connectivity index (χ1) is 9.36. The number of hydrogen-bond donors (Lipinski definition) is 2. The first kappa shape index (κ1) is 15.9. The number of rotatable bonds is 5. The van der Waals surface area contributed by atoms with E-state index in [9.17, 15) is 9.18 Å². The van der Waals surface area contributed by atoms with Crippen LogP contribution in [-0.2, 0) is 4.79 Å². The number of anilines is 2. The molecule has 0 heterocycles. The van der Waals surface area contributed by atoms with Crippen molar-refractivity contribution in [2.75, 3.05) is 18.1 Å². The number of halogens is 1. The molecule has 1 aromatic carbocycles. The van der Waals surface area contributed by atoms with Gasteiger partial charge in [-0.05, 0) is 39.1 Å². The van der Waals surface area contributed by atoms with Crippen LogP contribution in [0.3, 0.4) is 0 Å². The molecule has 0 aliphatic carbocycles. The van der Waals surface area contributed by atoms with Crippen molar-refractivity contribution < 1.29 is 9.18 Å². The normalized spacial score (nSPS) is 13.6. The summed E-state index contributed by atoms with van der Waals surface area (Å²) in [7, 11) is 1.78. The summed E-state index contributed by atoms with van der Waals surface area (Å²) < 4.78 is 13.0. The Balaban J connectivity index is 2.70. The largest absolute Gasteiger partial charge is 0.396 e. The fraction of sp³-hybridized carbons (Fsp3) is 0.429. The van der Waals surface area contributed by atoms with E-state index in [-0.39, 0.29) is 17.6 Å². The van der Waals surface area contributed by atoms with E-state index in [0.29, 0.717) is 12.1 Å². The standard InChI is InChI=1S/C14H19FN4O/c1-9(6-7-16)19(3)10(2)14(20)18-11-4-5-12(15)13(17)8-11/h4-5,8-10H,6,17H2,1-3H3,(H,18,20). The van der Waals surface area contributed by atoms with Crippen molar-refractivity contribution in [3.8, 4) is 6.07 Å². The number of hydrogen-bond acceptors (Lipinski definition) is 4. The molecule has 0 aliphatic rings. The molecule has 0 aliphatic heterocycles. The third-order valence-electron chi connectivity index (χ3n) is 3.34. The average Bonchev–Trinajstić information content (AvgIpc) is 2.41. The zero-order chi connectivity index (χ0) is 15.3. The van der Waals surface area contributed by atoms with Crippen molar-refractivity contribution in [2.24, 2.45) is 0 Å². The SMILES string of the molecule is CC(CC#N)N(C)C(C)C(=O)Nc1ccc(F)c(N)c1. The Morgan fingerprint density at radius 1 is 1.55 bits per heavy atom. The Morgan fingerprint density at radius 3 is 2.75 bits per heavy atom. The van der Waals surface area contributed by atoms with Crippen LogP contribution in [-0.4, -0.2) is 29.9 Å². The van der Waals surface area contributed by atoms with E-state index >= 15 is 0 Å². The number of nitrogen functional groups attached to an aromatic ring is 1. The van der Waals surface area contributed by atoms with Crippen LogP contribution in [0.1, 0.15) is 20.3 Å². The highest BCUT2D eigenvalue weighted by Gasteiger charge is 2.22. The maximum absolute atomic E-state index is 13.0. The smallest absolute Gasteiger partial charge is 0.241 e. The minimum absolute atomic E-state index is 0.0124. The summed E-state index contributed by atoms with van der Waals surface area (Å²) in [6, 6.07) is 5.67. The second-order valence-corrected chi connectivity index (χ2v) is 4.78. The van der Waals surface area contributed by atoms with Crippen LogP contribution in [0.5, 0.6) is 0 Å². The van der Waals surface area contributed by atoms with E-state index in [0.717, 1.165) is 0 Å². The summed E-state index contributed by atoms with van der Waals surface area (Å²) in [5.41, 5.74) is 5.88. The molecule has 0 fully saturated rings. The molecule has 1 aromatic rings. The fourth-order valence-corrected chi connectivity index (χ4v) is 1.71. The third kappa shape index (κ3) is 3.93. The Labute approximate surface area is 118 Å². The zero-order valence-electron chi connectivity index (χ0n) is 11.9. The monoisotopic (exact) mass is 278 g/mol. The van der Waals surface area contributed by atoms with Crippen LogP contribution >= 0.6 is 0 Å². The van der Waals surface area contributed by atoms with Crippen LogP contribution in [0.15, 0.2) is 18.2 Å². The van der Waals surface area contributed by atoms with E-state index in [1.54, 1.807) is 14.0 Å². The molecule has 2 atom stereocenters. The summed E-state index contributed by atoms with van der Waals surface area (Å²) in [5.74, 6) is -0.751. The first-order valence-corrected chi connectivity index (χ1v) is 6.31. The molecule has 1 amide bonds. The minimum atomic E-state index is -0.518. The molecule has 0 aromatic heterocycles. The Bertz CT molecular complexity index is 526. The van der Waals surface area contributed by atoms with Crippen molar-refractivity contribution in [3.05, 3.63) is 24.0 Å². The van der Waals surface area contributed by atoms with Gasteiger partial charge in [-0.15, -0.1) is 0 Å². The van der Waals surface area contributed by atoms with Gasteiger partial charge in [-0.2, -0.15) is 5.26 Å². The number of nitriles is 1. The topological polar surface area (TPSA) is 82.2 Å². The van der Waals surface area contributed by atoms with Gasteiger partial charge in [0, 0.05) is 11.7 Å². The highest BCUT2D eigenvalue weighted by Crippen LogP contribution is 2.17. The Morgan fingerprint density at radius 2 is 2.20 bits per heavy atom. The highest BCUT2D eigenvalue weighted by atomic mass is 19.1. The summed E-state index contributed by atoms with van der Waals surface area (Å²) in [6.07, 6.45) is 0.345. The lowest BCUT2D eigenvalue weighted by Gasteiger charge is -2.28. The van der Waals surface area contributed by atoms with Gasteiger partial charge in [0.15, 0.2) is 0 Å². The molecule has 0 saturated heterocycles. The number of amides is 1. The molecule has 1 rings (SSSR count). The quantitative estimate of drug-likeness (QED) is 0.807. The van der Waals surface area contributed by atoms with Crippen LogP contribution in [0.4, 0.5) is 15.8 Å². The van der Waals surface area contributed by atoms with Crippen LogP contribution < -0.4 is 11.1 Å². The molecule has 6 heteroatoms. The van der Waals surface area contributed by atoms with Gasteiger partial charge in [-0.25, -0.2) is 4.39 Å². The maximum atomic E-state index is 13.0. The van der Waals surface area contributed by atoms with Crippen molar-refractivity contribution in [1.82, 2.24) is 4.90 Å². The predicted octanol–water partition coefficient (Wildman–Crippen LogP) is 1.97. The van der Waals surface area contributed by atoms with E-state index < -0.39 is 11.9 Å². The van der Waals surface area contributed by atoms with E-state index in [2.05, 4.69) is 11.4 Å².